The molecule has 1 fully saturated rings. The lowest BCUT2D eigenvalue weighted by atomic mass is 9.83. The van der Waals surface area contributed by atoms with Crippen LogP contribution in [0.1, 0.15) is 12.8 Å². The minimum absolute atomic E-state index is 0.148. The Balaban J connectivity index is 1.46. The number of anilines is 2. The topological polar surface area (TPSA) is 80.2 Å². The Morgan fingerprint density at radius 1 is 1.08 bits per heavy atom. The zero-order valence-electron chi connectivity index (χ0n) is 13.1. The van der Waals surface area contributed by atoms with Crippen molar-refractivity contribution in [1.82, 2.24) is 15.0 Å². The normalized spacial score (nSPS) is 19.7. The van der Waals surface area contributed by atoms with Crippen molar-refractivity contribution < 1.29 is 9.84 Å². The third-order valence-corrected chi connectivity index (χ3v) is 4.20. The van der Waals surface area contributed by atoms with Crippen molar-refractivity contribution in [1.29, 1.82) is 0 Å². The summed E-state index contributed by atoms with van der Waals surface area (Å²) in [5.41, 5.74) is 2.58. The molecule has 0 spiro atoms. The number of ether oxygens (including phenoxy) is 1. The molecule has 24 heavy (non-hydrogen) atoms. The van der Waals surface area contributed by atoms with Crippen LogP contribution in [-0.2, 0) is 0 Å². The molecule has 3 aromatic heterocycles. The van der Waals surface area contributed by atoms with E-state index in [2.05, 4.69) is 20.3 Å². The third-order valence-electron chi connectivity index (χ3n) is 4.20. The van der Waals surface area contributed by atoms with E-state index < -0.39 is 0 Å². The number of hydrogen-bond acceptors (Lipinski definition) is 6. The molecule has 1 aliphatic rings. The minimum atomic E-state index is 0.148. The van der Waals surface area contributed by atoms with Gasteiger partial charge in [0.1, 0.15) is 11.9 Å². The van der Waals surface area contributed by atoms with E-state index in [1.165, 1.54) is 0 Å². The van der Waals surface area contributed by atoms with Crippen molar-refractivity contribution >= 4 is 22.5 Å². The molecule has 0 amide bonds. The Morgan fingerprint density at radius 2 is 2.00 bits per heavy atom. The fraction of sp³-hybridized carbons (Fsp3) is 0.278. The molecule has 0 radical (unpaired) electrons. The van der Waals surface area contributed by atoms with Crippen molar-refractivity contribution in [2.45, 2.75) is 18.9 Å². The van der Waals surface area contributed by atoms with Crippen LogP contribution in [0.2, 0.25) is 0 Å². The number of nitrogens with zero attached hydrogens (tertiary/aromatic N) is 3. The third kappa shape index (κ3) is 3.14. The van der Waals surface area contributed by atoms with Crippen LogP contribution in [0.25, 0.3) is 11.0 Å². The van der Waals surface area contributed by atoms with Crippen molar-refractivity contribution in [3.8, 4) is 5.88 Å². The average molecular weight is 322 g/mol. The summed E-state index contributed by atoms with van der Waals surface area (Å²) < 4.78 is 5.84. The summed E-state index contributed by atoms with van der Waals surface area (Å²) in [6, 6.07) is 11.4. The van der Waals surface area contributed by atoms with Crippen molar-refractivity contribution in [3.63, 3.8) is 0 Å². The number of rotatable bonds is 5. The second-order valence-corrected chi connectivity index (χ2v) is 6.01. The first-order valence-corrected chi connectivity index (χ1v) is 8.02. The van der Waals surface area contributed by atoms with Gasteiger partial charge in [0.05, 0.1) is 11.0 Å². The molecule has 0 unspecified atom stereocenters. The zero-order valence-corrected chi connectivity index (χ0v) is 13.1. The number of hydrogen-bond donors (Lipinski definition) is 2. The predicted octanol–water partition coefficient (Wildman–Crippen LogP) is 2.92. The quantitative estimate of drug-likeness (QED) is 0.752. The SMILES string of the molecule is OC[C@H]1C[C@H](Oc2cc(Nc3ccc4ncccc4n3)ccn2)C1. The lowest BCUT2D eigenvalue weighted by Gasteiger charge is -2.33. The lowest BCUT2D eigenvalue weighted by molar-refractivity contribution is 0.0296. The molecule has 1 aliphatic carbocycles. The molecule has 3 aromatic rings. The molecule has 0 saturated heterocycles. The number of aliphatic hydroxyl groups excluding tert-OH is 1. The van der Waals surface area contributed by atoms with E-state index in [4.69, 9.17) is 9.84 Å². The van der Waals surface area contributed by atoms with Gasteiger partial charge in [-0.2, -0.15) is 0 Å². The molecule has 0 atom stereocenters. The van der Waals surface area contributed by atoms with Gasteiger partial charge in [-0.3, -0.25) is 4.98 Å². The van der Waals surface area contributed by atoms with Gasteiger partial charge in [-0.1, -0.05) is 0 Å². The fourth-order valence-corrected chi connectivity index (χ4v) is 2.82. The maximum absolute atomic E-state index is 9.06. The molecule has 3 heterocycles. The maximum Gasteiger partial charge on any atom is 0.215 e. The van der Waals surface area contributed by atoms with Crippen LogP contribution in [0, 0.1) is 5.92 Å². The molecular formula is C18H18N4O2. The van der Waals surface area contributed by atoms with Crippen LogP contribution < -0.4 is 10.1 Å². The van der Waals surface area contributed by atoms with Gasteiger partial charge >= 0.3 is 0 Å². The van der Waals surface area contributed by atoms with Gasteiger partial charge in [0, 0.05) is 30.8 Å². The molecule has 6 nitrogen and oxygen atoms in total. The van der Waals surface area contributed by atoms with Crippen LogP contribution in [0.4, 0.5) is 11.5 Å². The predicted molar refractivity (Wildman–Crippen MR) is 91.3 cm³/mol. The molecular weight excluding hydrogens is 304 g/mol. The zero-order chi connectivity index (χ0) is 16.4. The minimum Gasteiger partial charge on any atom is -0.474 e. The van der Waals surface area contributed by atoms with Crippen LogP contribution in [0.3, 0.4) is 0 Å². The molecule has 0 aliphatic heterocycles. The van der Waals surface area contributed by atoms with Crippen LogP contribution in [-0.4, -0.2) is 32.8 Å². The summed E-state index contributed by atoms with van der Waals surface area (Å²) in [5.74, 6) is 1.70. The Hall–Kier alpha value is -2.73. The highest BCUT2D eigenvalue weighted by Gasteiger charge is 2.30. The maximum atomic E-state index is 9.06. The fourth-order valence-electron chi connectivity index (χ4n) is 2.82. The van der Waals surface area contributed by atoms with Gasteiger partial charge in [-0.15, -0.1) is 0 Å². The average Bonchev–Trinajstić information content (AvgIpc) is 2.58. The second kappa shape index (κ2) is 6.41. The molecule has 4 rings (SSSR count). The van der Waals surface area contributed by atoms with Crippen LogP contribution >= 0.6 is 0 Å². The van der Waals surface area contributed by atoms with E-state index in [0.29, 0.717) is 11.8 Å². The highest BCUT2D eigenvalue weighted by Crippen LogP contribution is 2.31. The van der Waals surface area contributed by atoms with E-state index in [-0.39, 0.29) is 12.7 Å². The lowest BCUT2D eigenvalue weighted by Crippen LogP contribution is -2.35. The summed E-state index contributed by atoms with van der Waals surface area (Å²) in [6.07, 6.45) is 5.38. The number of pyridine rings is 3. The summed E-state index contributed by atoms with van der Waals surface area (Å²) in [6.45, 7) is 0.234. The Bertz CT molecular complexity index is 849. The summed E-state index contributed by atoms with van der Waals surface area (Å²) in [4.78, 5) is 13.1. The Morgan fingerprint density at radius 3 is 2.88 bits per heavy atom. The van der Waals surface area contributed by atoms with E-state index >= 15 is 0 Å². The van der Waals surface area contributed by atoms with Gasteiger partial charge in [-0.25, -0.2) is 9.97 Å². The van der Waals surface area contributed by atoms with Gasteiger partial charge in [0.15, 0.2) is 0 Å². The molecule has 6 heteroatoms. The smallest absolute Gasteiger partial charge is 0.215 e. The van der Waals surface area contributed by atoms with Gasteiger partial charge in [0.25, 0.3) is 0 Å². The van der Waals surface area contributed by atoms with Gasteiger partial charge < -0.3 is 15.2 Å². The molecule has 1 saturated carbocycles. The largest absolute Gasteiger partial charge is 0.474 e. The van der Waals surface area contributed by atoms with Crippen molar-refractivity contribution in [2.75, 3.05) is 11.9 Å². The number of aliphatic hydroxyl groups is 1. The van der Waals surface area contributed by atoms with Crippen LogP contribution in [0.15, 0.2) is 48.8 Å². The van der Waals surface area contributed by atoms with E-state index in [0.717, 1.165) is 35.4 Å². The number of aromatic nitrogens is 3. The highest BCUT2D eigenvalue weighted by atomic mass is 16.5. The summed E-state index contributed by atoms with van der Waals surface area (Å²) in [7, 11) is 0. The highest BCUT2D eigenvalue weighted by molar-refractivity contribution is 5.76. The van der Waals surface area contributed by atoms with E-state index in [9.17, 15) is 0 Å². The Kier molecular flexibility index (Phi) is 3.96. The number of nitrogens with one attached hydrogen (secondary N) is 1. The van der Waals surface area contributed by atoms with Crippen LogP contribution in [0.5, 0.6) is 5.88 Å². The van der Waals surface area contributed by atoms with Crippen molar-refractivity contribution in [3.05, 3.63) is 48.8 Å². The standard InChI is InChI=1S/C18H18N4O2/c23-11-12-8-14(9-12)24-18-10-13(5-7-20-18)21-17-4-3-15-16(22-17)2-1-6-19-15/h1-7,10,12,14,23H,8-9,11H2,(H,20,21,22)/t12-,14-. The first-order valence-electron chi connectivity index (χ1n) is 8.02. The molecule has 0 bridgehead atoms. The first-order chi connectivity index (χ1) is 11.8. The van der Waals surface area contributed by atoms with Gasteiger partial charge in [0.2, 0.25) is 5.88 Å². The number of fused-ring (bicyclic) bond motifs is 1. The first kappa shape index (κ1) is 14.8. The molecule has 122 valence electrons. The van der Waals surface area contributed by atoms with E-state index in [1.54, 1.807) is 12.4 Å². The summed E-state index contributed by atoms with van der Waals surface area (Å²) in [5, 5.41) is 12.3. The second-order valence-electron chi connectivity index (χ2n) is 6.01. The van der Waals surface area contributed by atoms with E-state index in [1.807, 2.05) is 36.4 Å². The summed E-state index contributed by atoms with van der Waals surface area (Å²) >= 11 is 0. The Labute approximate surface area is 139 Å². The molecule has 2 N–H and O–H groups in total. The monoisotopic (exact) mass is 322 g/mol. The van der Waals surface area contributed by atoms with Crippen molar-refractivity contribution in [2.24, 2.45) is 5.92 Å². The molecule has 0 aromatic carbocycles. The van der Waals surface area contributed by atoms with Gasteiger partial charge in [-0.05, 0) is 49.1 Å².